The van der Waals surface area contributed by atoms with Gasteiger partial charge in [-0.1, -0.05) is 16.8 Å². The molecule has 76 valence electrons. The Labute approximate surface area is 89.4 Å². The van der Waals surface area contributed by atoms with Gasteiger partial charge in [-0.2, -0.15) is 0 Å². The summed E-state index contributed by atoms with van der Waals surface area (Å²) in [4.78, 5) is 9.94. The highest BCUT2D eigenvalue weighted by molar-refractivity contribution is 6.29. The molecular formula is C9H5ClN2O3. The molecule has 2 aromatic rings. The molecule has 5 nitrogen and oxygen atoms in total. The van der Waals surface area contributed by atoms with Crippen molar-refractivity contribution in [3.8, 4) is 11.3 Å². The van der Waals surface area contributed by atoms with Gasteiger partial charge in [-0.25, -0.2) is 0 Å². The summed E-state index contributed by atoms with van der Waals surface area (Å²) in [6, 6.07) is 7.49. The van der Waals surface area contributed by atoms with Crippen molar-refractivity contribution in [2.45, 2.75) is 0 Å². The summed E-state index contributed by atoms with van der Waals surface area (Å²) in [5.74, 6) is 0.481. The molecule has 0 radical (unpaired) electrons. The van der Waals surface area contributed by atoms with Crippen LogP contribution in [0.25, 0.3) is 11.3 Å². The lowest BCUT2D eigenvalue weighted by molar-refractivity contribution is -0.384. The minimum Gasteiger partial charge on any atom is -0.355 e. The molecule has 0 spiro atoms. The summed E-state index contributed by atoms with van der Waals surface area (Å²) < 4.78 is 4.90. The van der Waals surface area contributed by atoms with Gasteiger partial charge in [-0.3, -0.25) is 10.1 Å². The second-order valence-corrected chi connectivity index (χ2v) is 3.21. The highest BCUT2D eigenvalue weighted by Gasteiger charge is 2.08. The van der Waals surface area contributed by atoms with Gasteiger partial charge in [0.1, 0.15) is 0 Å². The SMILES string of the molecule is O=[N+]([O-])c1ccc(-c2cc(Cl)no2)cc1. The zero-order valence-electron chi connectivity index (χ0n) is 7.38. The second-order valence-electron chi connectivity index (χ2n) is 2.82. The molecule has 0 aliphatic carbocycles. The predicted molar refractivity (Wildman–Crippen MR) is 53.6 cm³/mol. The van der Waals surface area contributed by atoms with Crippen LogP contribution in [0.4, 0.5) is 5.69 Å². The maximum absolute atomic E-state index is 10.4. The Kier molecular flexibility index (Phi) is 2.39. The zero-order valence-corrected chi connectivity index (χ0v) is 8.14. The van der Waals surface area contributed by atoms with Crippen molar-refractivity contribution in [2.24, 2.45) is 0 Å². The number of aromatic nitrogens is 1. The fraction of sp³-hybridized carbons (Fsp3) is 0. The Bertz CT molecular complexity index is 492. The van der Waals surface area contributed by atoms with Crippen LogP contribution in [-0.2, 0) is 0 Å². The highest BCUT2D eigenvalue weighted by atomic mass is 35.5. The van der Waals surface area contributed by atoms with E-state index in [-0.39, 0.29) is 10.8 Å². The molecule has 0 fully saturated rings. The first-order valence-corrected chi connectivity index (χ1v) is 4.41. The number of hydrogen-bond donors (Lipinski definition) is 0. The molecule has 1 aromatic heterocycles. The monoisotopic (exact) mass is 224 g/mol. The fourth-order valence-electron chi connectivity index (χ4n) is 1.14. The van der Waals surface area contributed by atoms with Gasteiger partial charge < -0.3 is 4.52 Å². The van der Waals surface area contributed by atoms with Gasteiger partial charge in [-0.05, 0) is 12.1 Å². The van der Waals surface area contributed by atoms with E-state index in [4.69, 9.17) is 16.1 Å². The van der Waals surface area contributed by atoms with Crippen LogP contribution in [0.2, 0.25) is 5.15 Å². The predicted octanol–water partition coefficient (Wildman–Crippen LogP) is 2.90. The number of nitro benzene ring substituents is 1. The molecule has 0 aliphatic rings. The van der Waals surface area contributed by atoms with Crippen LogP contribution in [0.15, 0.2) is 34.9 Å². The lowest BCUT2D eigenvalue weighted by Crippen LogP contribution is -1.86. The standard InChI is InChI=1S/C9H5ClN2O3/c10-9-5-8(15-11-9)6-1-3-7(4-2-6)12(13)14/h1-5H. The van der Waals surface area contributed by atoms with Gasteiger partial charge in [0.25, 0.3) is 5.69 Å². The number of non-ortho nitro benzene ring substituents is 1. The number of nitrogens with zero attached hydrogens (tertiary/aromatic N) is 2. The quantitative estimate of drug-likeness (QED) is 0.581. The van der Waals surface area contributed by atoms with E-state index in [1.54, 1.807) is 18.2 Å². The van der Waals surface area contributed by atoms with Gasteiger partial charge in [0, 0.05) is 23.8 Å². The van der Waals surface area contributed by atoms with Gasteiger partial charge in [0.2, 0.25) is 0 Å². The zero-order chi connectivity index (χ0) is 10.8. The molecule has 15 heavy (non-hydrogen) atoms. The van der Waals surface area contributed by atoms with E-state index in [0.717, 1.165) is 0 Å². The average molecular weight is 225 g/mol. The Morgan fingerprint density at radius 3 is 2.47 bits per heavy atom. The maximum atomic E-state index is 10.4. The Morgan fingerprint density at radius 1 is 1.33 bits per heavy atom. The van der Waals surface area contributed by atoms with Crippen LogP contribution in [0, 0.1) is 10.1 Å². The van der Waals surface area contributed by atoms with Gasteiger partial charge >= 0.3 is 0 Å². The molecule has 1 aromatic carbocycles. The van der Waals surface area contributed by atoms with E-state index in [9.17, 15) is 10.1 Å². The topological polar surface area (TPSA) is 69.2 Å². The summed E-state index contributed by atoms with van der Waals surface area (Å²) >= 11 is 5.58. The average Bonchev–Trinajstić information content (AvgIpc) is 2.65. The number of hydrogen-bond acceptors (Lipinski definition) is 4. The van der Waals surface area contributed by atoms with E-state index >= 15 is 0 Å². The molecular weight excluding hydrogens is 220 g/mol. The summed E-state index contributed by atoms with van der Waals surface area (Å²) in [5, 5.41) is 14.2. The smallest absolute Gasteiger partial charge is 0.269 e. The van der Waals surface area contributed by atoms with Crippen LogP contribution >= 0.6 is 11.6 Å². The first-order chi connectivity index (χ1) is 7.16. The minimum atomic E-state index is -0.461. The normalized spacial score (nSPS) is 10.2. The minimum absolute atomic E-state index is 0.0318. The lowest BCUT2D eigenvalue weighted by Gasteiger charge is -1.94. The summed E-state index contributed by atoms with van der Waals surface area (Å²) in [5.41, 5.74) is 0.726. The molecule has 1 heterocycles. The fourth-order valence-corrected chi connectivity index (χ4v) is 1.27. The maximum Gasteiger partial charge on any atom is 0.269 e. The van der Waals surface area contributed by atoms with Crippen molar-refractivity contribution in [1.29, 1.82) is 0 Å². The third kappa shape index (κ3) is 1.97. The van der Waals surface area contributed by atoms with Crippen molar-refractivity contribution in [1.82, 2.24) is 5.16 Å². The van der Waals surface area contributed by atoms with E-state index in [1.165, 1.54) is 12.1 Å². The van der Waals surface area contributed by atoms with Crippen LogP contribution in [0.3, 0.4) is 0 Å². The Hall–Kier alpha value is -1.88. The molecule has 0 bridgehead atoms. The van der Waals surface area contributed by atoms with Crippen molar-refractivity contribution < 1.29 is 9.45 Å². The van der Waals surface area contributed by atoms with Crippen LogP contribution in [0.5, 0.6) is 0 Å². The van der Waals surface area contributed by atoms with E-state index in [2.05, 4.69) is 5.16 Å². The van der Waals surface area contributed by atoms with Crippen molar-refractivity contribution >= 4 is 17.3 Å². The molecule has 0 atom stereocenters. The Balaban J connectivity index is 2.35. The molecule has 0 unspecified atom stereocenters. The first-order valence-electron chi connectivity index (χ1n) is 4.04. The Morgan fingerprint density at radius 2 is 2.00 bits per heavy atom. The van der Waals surface area contributed by atoms with Gasteiger partial charge in [0.15, 0.2) is 10.9 Å². The second kappa shape index (κ2) is 3.70. The number of benzene rings is 1. The van der Waals surface area contributed by atoms with Crippen LogP contribution in [-0.4, -0.2) is 10.1 Å². The molecule has 0 saturated carbocycles. The number of rotatable bonds is 2. The molecule has 2 rings (SSSR count). The molecule has 0 saturated heterocycles. The van der Waals surface area contributed by atoms with Crippen LogP contribution in [0.1, 0.15) is 0 Å². The number of halogens is 1. The summed E-state index contributed by atoms with van der Waals surface area (Å²) in [7, 11) is 0. The summed E-state index contributed by atoms with van der Waals surface area (Å²) in [6.07, 6.45) is 0. The van der Waals surface area contributed by atoms with Crippen molar-refractivity contribution in [3.05, 3.63) is 45.6 Å². The highest BCUT2D eigenvalue weighted by Crippen LogP contribution is 2.24. The van der Waals surface area contributed by atoms with Crippen molar-refractivity contribution in [3.63, 3.8) is 0 Å². The van der Waals surface area contributed by atoms with Gasteiger partial charge in [-0.15, -0.1) is 0 Å². The molecule has 0 amide bonds. The largest absolute Gasteiger partial charge is 0.355 e. The van der Waals surface area contributed by atoms with Gasteiger partial charge in [0.05, 0.1) is 4.92 Å². The molecule has 0 aliphatic heterocycles. The van der Waals surface area contributed by atoms with Crippen molar-refractivity contribution in [2.75, 3.05) is 0 Å². The summed E-state index contributed by atoms with van der Waals surface area (Å²) in [6.45, 7) is 0. The number of nitro groups is 1. The molecule has 6 heteroatoms. The van der Waals surface area contributed by atoms with E-state index < -0.39 is 4.92 Å². The molecule has 0 N–H and O–H groups in total. The van der Waals surface area contributed by atoms with E-state index in [1.807, 2.05) is 0 Å². The lowest BCUT2D eigenvalue weighted by atomic mass is 10.1. The van der Waals surface area contributed by atoms with E-state index in [0.29, 0.717) is 11.3 Å². The third-order valence-electron chi connectivity index (χ3n) is 1.84. The van der Waals surface area contributed by atoms with Crippen LogP contribution < -0.4 is 0 Å². The first kappa shape index (κ1) is 9.67. The third-order valence-corrected chi connectivity index (χ3v) is 2.02.